The van der Waals surface area contributed by atoms with Crippen molar-refractivity contribution < 1.29 is 23.5 Å². The second-order valence-electron chi connectivity index (χ2n) is 6.07. The lowest BCUT2D eigenvalue weighted by Crippen LogP contribution is -2.51. The first-order valence-corrected chi connectivity index (χ1v) is 9.14. The van der Waals surface area contributed by atoms with Gasteiger partial charge < -0.3 is 9.15 Å². The Labute approximate surface area is 166 Å². The van der Waals surface area contributed by atoms with Crippen LogP contribution in [-0.4, -0.2) is 29.5 Å². The molecule has 0 atom stereocenters. The Hall–Kier alpha value is -3.26. The maximum atomic E-state index is 12.1. The summed E-state index contributed by atoms with van der Waals surface area (Å²) in [5.74, 6) is -0.774. The standard InChI is InChI=1S/C20H18N2O5S/c1-2-3-9-26-19(25)13-6-4-5-12(10-13)16-8-7-14(27-16)11-15-17(23)21-20(28)22-18(15)24/h4-8,10-11H,2-3,9H2,1H3,(H2,21,22,23,24,28). The van der Waals surface area contributed by atoms with Crippen LogP contribution in [0.25, 0.3) is 17.4 Å². The van der Waals surface area contributed by atoms with E-state index in [4.69, 9.17) is 21.4 Å². The topological polar surface area (TPSA) is 97.6 Å². The zero-order valence-electron chi connectivity index (χ0n) is 15.1. The first kappa shape index (κ1) is 19.5. The lowest BCUT2D eigenvalue weighted by molar-refractivity contribution is -0.123. The Kier molecular flexibility index (Phi) is 6.00. The van der Waals surface area contributed by atoms with Crippen molar-refractivity contribution >= 4 is 41.2 Å². The number of carbonyl (C=O) groups excluding carboxylic acids is 3. The summed E-state index contributed by atoms with van der Waals surface area (Å²) >= 11 is 4.76. The Morgan fingerprint density at radius 1 is 1.18 bits per heavy atom. The number of carbonyl (C=O) groups is 3. The van der Waals surface area contributed by atoms with E-state index >= 15 is 0 Å². The number of esters is 1. The van der Waals surface area contributed by atoms with Crippen molar-refractivity contribution in [3.05, 3.63) is 53.3 Å². The van der Waals surface area contributed by atoms with Crippen LogP contribution in [0, 0.1) is 0 Å². The van der Waals surface area contributed by atoms with Crippen LogP contribution in [0.4, 0.5) is 0 Å². The fourth-order valence-electron chi connectivity index (χ4n) is 2.53. The van der Waals surface area contributed by atoms with Crippen LogP contribution in [0.1, 0.15) is 35.9 Å². The molecular weight excluding hydrogens is 380 g/mol. The molecule has 1 aromatic heterocycles. The van der Waals surface area contributed by atoms with E-state index in [1.807, 2.05) is 6.92 Å². The maximum absolute atomic E-state index is 12.1. The molecule has 144 valence electrons. The minimum atomic E-state index is -0.594. The quantitative estimate of drug-likeness (QED) is 0.255. The van der Waals surface area contributed by atoms with Crippen molar-refractivity contribution in [1.29, 1.82) is 0 Å². The number of ether oxygens (including phenoxy) is 1. The molecule has 7 nitrogen and oxygen atoms in total. The van der Waals surface area contributed by atoms with Gasteiger partial charge in [0.2, 0.25) is 0 Å². The van der Waals surface area contributed by atoms with Gasteiger partial charge in [0.05, 0.1) is 12.2 Å². The van der Waals surface area contributed by atoms with Gasteiger partial charge in [-0.1, -0.05) is 25.5 Å². The minimum absolute atomic E-state index is 0.0325. The van der Waals surface area contributed by atoms with Gasteiger partial charge in [0.15, 0.2) is 5.11 Å². The zero-order chi connectivity index (χ0) is 20.1. The molecule has 0 saturated carbocycles. The molecule has 2 aromatic rings. The molecule has 1 aliphatic heterocycles. The SMILES string of the molecule is CCCCOC(=O)c1cccc(-c2ccc(C=C3C(=O)NC(=S)NC3=O)o2)c1. The molecule has 0 unspecified atom stereocenters. The van der Waals surface area contributed by atoms with Crippen molar-refractivity contribution in [3.63, 3.8) is 0 Å². The summed E-state index contributed by atoms with van der Waals surface area (Å²) in [6, 6.07) is 10.2. The number of unbranched alkanes of at least 4 members (excludes halogenated alkanes) is 1. The molecule has 1 aromatic carbocycles. The Morgan fingerprint density at radius 2 is 1.93 bits per heavy atom. The molecule has 2 heterocycles. The highest BCUT2D eigenvalue weighted by molar-refractivity contribution is 7.80. The molecule has 8 heteroatoms. The van der Waals surface area contributed by atoms with Crippen LogP contribution in [0.3, 0.4) is 0 Å². The van der Waals surface area contributed by atoms with Crippen molar-refractivity contribution in [3.8, 4) is 11.3 Å². The minimum Gasteiger partial charge on any atom is -0.462 e. The van der Waals surface area contributed by atoms with E-state index in [0.717, 1.165) is 12.8 Å². The van der Waals surface area contributed by atoms with Crippen LogP contribution in [0.15, 0.2) is 46.4 Å². The van der Waals surface area contributed by atoms with Gasteiger partial charge in [-0.2, -0.15) is 0 Å². The molecular formula is C20H18N2O5S. The number of furan rings is 1. The van der Waals surface area contributed by atoms with Crippen molar-refractivity contribution in [1.82, 2.24) is 10.6 Å². The van der Waals surface area contributed by atoms with E-state index in [0.29, 0.717) is 29.3 Å². The molecule has 2 N–H and O–H groups in total. The van der Waals surface area contributed by atoms with E-state index < -0.39 is 17.8 Å². The fraction of sp³-hybridized carbons (Fsp3) is 0.200. The highest BCUT2D eigenvalue weighted by Crippen LogP contribution is 2.25. The zero-order valence-corrected chi connectivity index (χ0v) is 15.9. The molecule has 1 aliphatic rings. The number of nitrogens with one attached hydrogen (secondary N) is 2. The molecule has 0 radical (unpaired) electrons. The smallest absolute Gasteiger partial charge is 0.338 e. The monoisotopic (exact) mass is 398 g/mol. The lowest BCUT2D eigenvalue weighted by Gasteiger charge is -2.15. The van der Waals surface area contributed by atoms with Gasteiger partial charge in [-0.3, -0.25) is 20.2 Å². The van der Waals surface area contributed by atoms with Crippen LogP contribution < -0.4 is 10.6 Å². The Balaban J connectivity index is 1.79. The lowest BCUT2D eigenvalue weighted by atomic mass is 10.1. The second-order valence-corrected chi connectivity index (χ2v) is 6.48. The van der Waals surface area contributed by atoms with Crippen LogP contribution in [0.2, 0.25) is 0 Å². The molecule has 28 heavy (non-hydrogen) atoms. The number of amides is 2. The summed E-state index contributed by atoms with van der Waals surface area (Å²) in [6.45, 7) is 2.40. The Bertz CT molecular complexity index is 954. The summed E-state index contributed by atoms with van der Waals surface area (Å²) in [6.07, 6.45) is 3.09. The molecule has 0 aliphatic carbocycles. The normalized spacial score (nSPS) is 13.8. The summed E-state index contributed by atoms with van der Waals surface area (Å²) in [5.41, 5.74) is 0.987. The molecule has 2 amide bonds. The van der Waals surface area contributed by atoms with Gasteiger partial charge in [-0.05, 0) is 49.0 Å². The van der Waals surface area contributed by atoms with E-state index in [1.54, 1.807) is 36.4 Å². The van der Waals surface area contributed by atoms with Gasteiger partial charge in [0, 0.05) is 5.56 Å². The number of hydrogen-bond acceptors (Lipinski definition) is 6. The average molecular weight is 398 g/mol. The van der Waals surface area contributed by atoms with E-state index in [9.17, 15) is 14.4 Å². The average Bonchev–Trinajstić information content (AvgIpc) is 3.13. The van der Waals surface area contributed by atoms with E-state index in [-0.39, 0.29) is 10.7 Å². The third-order valence-electron chi connectivity index (χ3n) is 3.97. The molecule has 0 bridgehead atoms. The summed E-state index contributed by atoms with van der Waals surface area (Å²) in [5, 5.41) is 4.68. The first-order valence-electron chi connectivity index (χ1n) is 8.73. The van der Waals surface area contributed by atoms with E-state index in [2.05, 4.69) is 10.6 Å². The molecule has 0 spiro atoms. The summed E-state index contributed by atoms with van der Waals surface area (Å²) in [4.78, 5) is 35.9. The largest absolute Gasteiger partial charge is 0.462 e. The fourth-order valence-corrected chi connectivity index (χ4v) is 2.71. The predicted molar refractivity (Wildman–Crippen MR) is 106 cm³/mol. The molecule has 1 fully saturated rings. The van der Waals surface area contributed by atoms with Gasteiger partial charge in [-0.15, -0.1) is 0 Å². The van der Waals surface area contributed by atoms with Crippen LogP contribution in [-0.2, 0) is 14.3 Å². The number of hydrogen-bond donors (Lipinski definition) is 2. The Morgan fingerprint density at radius 3 is 2.64 bits per heavy atom. The number of thiocarbonyl (C=S) groups is 1. The highest BCUT2D eigenvalue weighted by Gasteiger charge is 2.26. The summed E-state index contributed by atoms with van der Waals surface area (Å²) < 4.78 is 10.9. The van der Waals surface area contributed by atoms with Gasteiger partial charge in [-0.25, -0.2) is 4.79 Å². The highest BCUT2D eigenvalue weighted by atomic mass is 32.1. The third kappa shape index (κ3) is 4.52. The van der Waals surface area contributed by atoms with Gasteiger partial charge in [0.1, 0.15) is 17.1 Å². The summed E-state index contributed by atoms with van der Waals surface area (Å²) in [7, 11) is 0. The number of benzene rings is 1. The van der Waals surface area contributed by atoms with Crippen LogP contribution in [0.5, 0.6) is 0 Å². The second kappa shape index (κ2) is 8.62. The predicted octanol–water partition coefficient (Wildman–Crippen LogP) is 2.82. The number of rotatable bonds is 6. The van der Waals surface area contributed by atoms with Crippen molar-refractivity contribution in [2.24, 2.45) is 0 Å². The van der Waals surface area contributed by atoms with E-state index in [1.165, 1.54) is 6.08 Å². The maximum Gasteiger partial charge on any atom is 0.338 e. The van der Waals surface area contributed by atoms with Gasteiger partial charge in [0.25, 0.3) is 11.8 Å². The van der Waals surface area contributed by atoms with Gasteiger partial charge >= 0.3 is 5.97 Å². The van der Waals surface area contributed by atoms with Crippen LogP contribution >= 0.6 is 12.2 Å². The molecule has 3 rings (SSSR count). The third-order valence-corrected chi connectivity index (χ3v) is 4.17. The molecule has 1 saturated heterocycles. The first-order chi connectivity index (χ1) is 13.5. The van der Waals surface area contributed by atoms with Crippen molar-refractivity contribution in [2.45, 2.75) is 19.8 Å². The van der Waals surface area contributed by atoms with Crippen molar-refractivity contribution in [2.75, 3.05) is 6.61 Å².